The van der Waals surface area contributed by atoms with Crippen molar-refractivity contribution in [3.63, 3.8) is 0 Å². The van der Waals surface area contributed by atoms with E-state index in [1.54, 1.807) is 13.8 Å². The van der Waals surface area contributed by atoms with Crippen molar-refractivity contribution in [2.45, 2.75) is 25.2 Å². The third-order valence-electron chi connectivity index (χ3n) is 2.26. The van der Waals surface area contributed by atoms with Crippen LogP contribution in [0.25, 0.3) is 0 Å². The Balaban J connectivity index is 2.77. The number of morpholine rings is 1. The summed E-state index contributed by atoms with van der Waals surface area (Å²) in [7, 11) is -3.38. The van der Waals surface area contributed by atoms with E-state index in [-0.39, 0.29) is 19.7 Å². The molecule has 0 amide bonds. The maximum atomic E-state index is 11.7. The lowest BCUT2D eigenvalue weighted by atomic mass is 10.3. The van der Waals surface area contributed by atoms with Crippen LogP contribution in [0.4, 0.5) is 0 Å². The average molecular weight is 237 g/mol. The Morgan fingerprint density at radius 3 is 2.60 bits per heavy atom. The number of nitrogens with zero attached hydrogens (tertiary/aromatic N) is 1. The predicted octanol–water partition coefficient (Wildman–Crippen LogP) is -0.490. The van der Waals surface area contributed by atoms with Gasteiger partial charge in [0, 0.05) is 6.54 Å². The fourth-order valence-electron chi connectivity index (χ4n) is 1.30. The van der Waals surface area contributed by atoms with Gasteiger partial charge in [-0.2, -0.15) is 4.31 Å². The summed E-state index contributed by atoms with van der Waals surface area (Å²) in [6.45, 7) is 3.39. The molecule has 1 fully saturated rings. The molecule has 7 heteroatoms. The minimum absolute atomic E-state index is 0.101. The van der Waals surface area contributed by atoms with Crippen LogP contribution in [0.15, 0.2) is 0 Å². The Morgan fingerprint density at radius 2 is 2.13 bits per heavy atom. The Bertz CT molecular complexity index is 337. The molecule has 0 aromatic heterocycles. The molecule has 0 aromatic rings. The summed E-state index contributed by atoms with van der Waals surface area (Å²) in [5.41, 5.74) is 0. The molecule has 1 heterocycles. The van der Waals surface area contributed by atoms with Gasteiger partial charge in [0.1, 0.15) is 0 Å². The van der Waals surface area contributed by atoms with E-state index in [1.807, 2.05) is 0 Å². The van der Waals surface area contributed by atoms with Crippen molar-refractivity contribution >= 4 is 16.0 Å². The highest BCUT2D eigenvalue weighted by Crippen LogP contribution is 2.14. The Kier molecular flexibility index (Phi) is 3.69. The van der Waals surface area contributed by atoms with Crippen molar-refractivity contribution in [2.75, 3.05) is 19.7 Å². The largest absolute Gasteiger partial charge is 0.479 e. The summed E-state index contributed by atoms with van der Waals surface area (Å²) in [5.74, 6) is -1.13. The Labute approximate surface area is 88.9 Å². The topological polar surface area (TPSA) is 83.9 Å². The van der Waals surface area contributed by atoms with Gasteiger partial charge in [-0.3, -0.25) is 0 Å². The van der Waals surface area contributed by atoms with Gasteiger partial charge in [0.2, 0.25) is 10.0 Å². The third-order valence-corrected chi connectivity index (χ3v) is 4.50. The number of carboxylic acids is 1. The van der Waals surface area contributed by atoms with Crippen molar-refractivity contribution in [1.29, 1.82) is 0 Å². The normalized spacial score (nSPS) is 24.3. The summed E-state index contributed by atoms with van der Waals surface area (Å²) in [4.78, 5) is 10.7. The Hall–Kier alpha value is -0.660. The summed E-state index contributed by atoms with van der Waals surface area (Å²) in [6.07, 6.45) is -1.05. The first-order valence-corrected chi connectivity index (χ1v) is 6.19. The lowest BCUT2D eigenvalue weighted by molar-refractivity contribution is -0.153. The molecular formula is C8H15NO5S. The number of hydrogen-bond donors (Lipinski definition) is 1. The van der Waals surface area contributed by atoms with E-state index in [2.05, 4.69) is 0 Å². The minimum atomic E-state index is -3.38. The molecule has 1 saturated heterocycles. The van der Waals surface area contributed by atoms with Crippen molar-refractivity contribution < 1.29 is 23.1 Å². The first kappa shape index (κ1) is 12.4. The van der Waals surface area contributed by atoms with Crippen molar-refractivity contribution in [3.8, 4) is 0 Å². The van der Waals surface area contributed by atoms with Crippen LogP contribution >= 0.6 is 0 Å². The van der Waals surface area contributed by atoms with Gasteiger partial charge in [-0.25, -0.2) is 13.2 Å². The third kappa shape index (κ3) is 2.67. The highest BCUT2D eigenvalue weighted by atomic mass is 32.2. The van der Waals surface area contributed by atoms with Crippen LogP contribution in [0.3, 0.4) is 0 Å². The molecule has 0 saturated carbocycles. The summed E-state index contributed by atoms with van der Waals surface area (Å²) >= 11 is 0. The van der Waals surface area contributed by atoms with E-state index < -0.39 is 27.3 Å². The van der Waals surface area contributed by atoms with E-state index >= 15 is 0 Å². The first-order valence-electron chi connectivity index (χ1n) is 4.69. The van der Waals surface area contributed by atoms with E-state index in [9.17, 15) is 13.2 Å². The van der Waals surface area contributed by atoms with Crippen molar-refractivity contribution in [3.05, 3.63) is 0 Å². The second-order valence-corrected chi connectivity index (χ2v) is 6.14. The number of hydrogen-bond acceptors (Lipinski definition) is 4. The van der Waals surface area contributed by atoms with Gasteiger partial charge in [0.15, 0.2) is 6.10 Å². The van der Waals surface area contributed by atoms with E-state index in [4.69, 9.17) is 9.84 Å². The van der Waals surface area contributed by atoms with Crippen LogP contribution in [-0.4, -0.2) is 54.8 Å². The molecule has 0 bridgehead atoms. The lowest BCUT2D eigenvalue weighted by Crippen LogP contribution is -2.50. The zero-order valence-electron chi connectivity index (χ0n) is 8.71. The lowest BCUT2D eigenvalue weighted by Gasteiger charge is -2.31. The number of sulfonamides is 1. The molecule has 1 atom stereocenters. The zero-order chi connectivity index (χ0) is 11.6. The van der Waals surface area contributed by atoms with Crippen molar-refractivity contribution in [1.82, 2.24) is 4.31 Å². The minimum Gasteiger partial charge on any atom is -0.479 e. The van der Waals surface area contributed by atoms with Crippen LogP contribution in [0.2, 0.25) is 0 Å². The fraction of sp³-hybridized carbons (Fsp3) is 0.875. The van der Waals surface area contributed by atoms with Crippen LogP contribution in [0.5, 0.6) is 0 Å². The van der Waals surface area contributed by atoms with Gasteiger partial charge < -0.3 is 9.84 Å². The van der Waals surface area contributed by atoms with Crippen molar-refractivity contribution in [2.24, 2.45) is 0 Å². The molecule has 1 N–H and O–H groups in total. The second-order valence-electron chi connectivity index (χ2n) is 3.65. The first-order chi connectivity index (χ1) is 6.85. The zero-order valence-corrected chi connectivity index (χ0v) is 9.53. The Morgan fingerprint density at radius 1 is 1.53 bits per heavy atom. The maximum absolute atomic E-state index is 11.7. The molecule has 1 aliphatic rings. The molecule has 1 aliphatic heterocycles. The van der Waals surface area contributed by atoms with Crippen LogP contribution < -0.4 is 0 Å². The SMILES string of the molecule is CC(C)S(=O)(=O)N1CCOC(C(=O)O)C1. The van der Waals surface area contributed by atoms with Crippen LogP contribution in [0, 0.1) is 0 Å². The van der Waals surface area contributed by atoms with Crippen LogP contribution in [-0.2, 0) is 19.6 Å². The van der Waals surface area contributed by atoms with Gasteiger partial charge in [-0.15, -0.1) is 0 Å². The standard InChI is InChI=1S/C8H15NO5S/c1-6(2)15(12,13)9-3-4-14-7(5-9)8(10)11/h6-7H,3-5H2,1-2H3,(H,10,11). The monoisotopic (exact) mass is 237 g/mol. The molecule has 0 aliphatic carbocycles. The smallest absolute Gasteiger partial charge is 0.334 e. The highest BCUT2D eigenvalue weighted by Gasteiger charge is 2.34. The fourth-order valence-corrected chi connectivity index (χ4v) is 2.57. The van der Waals surface area contributed by atoms with E-state index in [0.29, 0.717) is 0 Å². The van der Waals surface area contributed by atoms with Crippen LogP contribution in [0.1, 0.15) is 13.8 Å². The summed E-state index contributed by atoms with van der Waals surface area (Å²) in [6, 6.07) is 0. The number of carboxylic acid groups (broad SMARTS) is 1. The van der Waals surface area contributed by atoms with Gasteiger partial charge >= 0.3 is 5.97 Å². The number of aliphatic carboxylic acids is 1. The molecule has 1 unspecified atom stereocenters. The summed E-state index contributed by atoms with van der Waals surface area (Å²) < 4.78 is 29.6. The van der Waals surface area contributed by atoms with Gasteiger partial charge in [-0.05, 0) is 13.8 Å². The molecule has 88 valence electrons. The molecular weight excluding hydrogens is 222 g/mol. The molecule has 1 rings (SSSR count). The quantitative estimate of drug-likeness (QED) is 0.716. The van der Waals surface area contributed by atoms with E-state index in [0.717, 1.165) is 0 Å². The maximum Gasteiger partial charge on any atom is 0.334 e. The molecule has 0 radical (unpaired) electrons. The molecule has 0 aromatic carbocycles. The number of rotatable bonds is 3. The van der Waals surface area contributed by atoms with Gasteiger partial charge in [-0.1, -0.05) is 0 Å². The second kappa shape index (κ2) is 4.46. The molecule has 6 nitrogen and oxygen atoms in total. The average Bonchev–Trinajstić information content (AvgIpc) is 2.17. The molecule has 15 heavy (non-hydrogen) atoms. The predicted molar refractivity (Wildman–Crippen MR) is 53.0 cm³/mol. The van der Waals surface area contributed by atoms with Gasteiger partial charge in [0.25, 0.3) is 0 Å². The number of carbonyl (C=O) groups is 1. The number of ether oxygens (including phenoxy) is 1. The van der Waals surface area contributed by atoms with Gasteiger partial charge in [0.05, 0.1) is 18.4 Å². The van der Waals surface area contributed by atoms with E-state index in [1.165, 1.54) is 4.31 Å². The molecule has 0 spiro atoms. The summed E-state index contributed by atoms with van der Waals surface area (Å²) in [5, 5.41) is 8.18. The highest BCUT2D eigenvalue weighted by molar-refractivity contribution is 7.89.